The summed E-state index contributed by atoms with van der Waals surface area (Å²) in [5, 5.41) is 10.4. The van der Waals surface area contributed by atoms with Crippen LogP contribution in [0.2, 0.25) is 0 Å². The zero-order valence-electron chi connectivity index (χ0n) is 14.0. The van der Waals surface area contributed by atoms with Crippen LogP contribution in [0.15, 0.2) is 36.1 Å². The maximum atomic E-state index is 13.1. The van der Waals surface area contributed by atoms with Crippen LogP contribution in [-0.4, -0.2) is 16.7 Å². The smallest absolute Gasteiger partial charge is 0.170 e. The van der Waals surface area contributed by atoms with Crippen LogP contribution in [0.25, 0.3) is 0 Å². The van der Waals surface area contributed by atoms with Crippen LogP contribution in [0.3, 0.4) is 0 Å². The molecular formula is C19H26O3. The molecule has 0 spiro atoms. The molecule has 0 radical (unpaired) electrons. The van der Waals surface area contributed by atoms with Crippen molar-refractivity contribution >= 4 is 11.6 Å². The van der Waals surface area contributed by atoms with E-state index in [9.17, 15) is 14.7 Å². The number of ketones is 2. The van der Waals surface area contributed by atoms with E-state index in [1.165, 1.54) is 6.08 Å². The number of allylic oxidation sites excluding steroid dienone is 5. The second-order valence-corrected chi connectivity index (χ2v) is 7.54. The monoisotopic (exact) mass is 302 g/mol. The molecule has 0 heterocycles. The lowest BCUT2D eigenvalue weighted by Crippen LogP contribution is -2.57. The number of rotatable bonds is 4. The Morgan fingerprint density at radius 3 is 2.59 bits per heavy atom. The Morgan fingerprint density at radius 2 is 2.05 bits per heavy atom. The Labute approximate surface area is 132 Å². The number of fused-ring (bicyclic) bond motifs is 2. The van der Waals surface area contributed by atoms with Crippen LogP contribution in [0.4, 0.5) is 0 Å². The molecule has 2 aliphatic carbocycles. The van der Waals surface area contributed by atoms with Gasteiger partial charge >= 0.3 is 0 Å². The number of aliphatic hydroxyl groups is 1. The third kappa shape index (κ3) is 2.37. The summed E-state index contributed by atoms with van der Waals surface area (Å²) in [5.74, 6) is -0.930. The highest BCUT2D eigenvalue weighted by molar-refractivity contribution is 6.14. The number of carbonyl (C=O) groups is 2. The number of Topliss-reactive ketones (excluding diaryl/α,β-unsaturated/α-hetero) is 1. The minimum Gasteiger partial charge on any atom is -0.511 e. The molecule has 0 unspecified atom stereocenters. The highest BCUT2D eigenvalue weighted by atomic mass is 16.3. The van der Waals surface area contributed by atoms with Gasteiger partial charge in [0.15, 0.2) is 11.6 Å². The van der Waals surface area contributed by atoms with E-state index in [1.807, 2.05) is 39.8 Å². The molecule has 0 amide bonds. The summed E-state index contributed by atoms with van der Waals surface area (Å²) in [5.41, 5.74) is -0.235. The molecule has 3 nitrogen and oxygen atoms in total. The SMILES string of the molecule is C=CC[C@H]1C[C@@]2(CC=C(C)C)C(=O)[C@H](C(=O)C=C2O)C1(C)C. The predicted octanol–water partition coefficient (Wildman–Crippen LogP) is 4.16. The molecule has 0 saturated heterocycles. The summed E-state index contributed by atoms with van der Waals surface area (Å²) in [6.45, 7) is 11.7. The fraction of sp³-hybridized carbons (Fsp3) is 0.579. The second kappa shape index (κ2) is 5.53. The molecule has 3 heteroatoms. The molecule has 2 aliphatic rings. The molecule has 0 aromatic rings. The van der Waals surface area contributed by atoms with E-state index in [2.05, 4.69) is 6.58 Å². The second-order valence-electron chi connectivity index (χ2n) is 7.54. The van der Waals surface area contributed by atoms with Gasteiger partial charge in [-0.25, -0.2) is 0 Å². The Bertz CT molecular complexity index is 575. The van der Waals surface area contributed by atoms with Gasteiger partial charge in [-0.3, -0.25) is 9.59 Å². The fourth-order valence-corrected chi connectivity index (χ4v) is 3.97. The molecule has 1 N–H and O–H groups in total. The van der Waals surface area contributed by atoms with Gasteiger partial charge in [0.2, 0.25) is 0 Å². The molecule has 3 atom stereocenters. The highest BCUT2D eigenvalue weighted by Gasteiger charge is 2.61. The molecule has 0 aromatic carbocycles. The van der Waals surface area contributed by atoms with Crippen molar-refractivity contribution in [2.45, 2.75) is 47.0 Å². The van der Waals surface area contributed by atoms with Gasteiger partial charge in [-0.2, -0.15) is 0 Å². The van der Waals surface area contributed by atoms with E-state index in [1.54, 1.807) is 0 Å². The largest absolute Gasteiger partial charge is 0.511 e. The van der Waals surface area contributed by atoms with Gasteiger partial charge in [0.05, 0.1) is 11.3 Å². The molecule has 120 valence electrons. The Hall–Kier alpha value is -1.64. The summed E-state index contributed by atoms with van der Waals surface area (Å²) < 4.78 is 0. The van der Waals surface area contributed by atoms with Crippen LogP contribution in [0.1, 0.15) is 47.0 Å². The predicted molar refractivity (Wildman–Crippen MR) is 87.4 cm³/mol. The number of hydrogen-bond donors (Lipinski definition) is 1. The molecule has 2 rings (SSSR count). The van der Waals surface area contributed by atoms with Gasteiger partial charge in [0.25, 0.3) is 0 Å². The van der Waals surface area contributed by atoms with E-state index >= 15 is 0 Å². The van der Waals surface area contributed by atoms with Gasteiger partial charge in [0.1, 0.15) is 5.76 Å². The standard InChI is InChI=1S/C19H26O3/c1-6-7-13-11-19(9-8-12(2)3)15(21)10-14(20)16(17(19)22)18(13,4)5/h6,8,10,13,16,21H,1,7,9,11H2,2-5H3/t13-,16-,19+/m0/s1. The molecule has 0 aromatic heterocycles. The molecule has 2 bridgehead atoms. The van der Waals surface area contributed by atoms with Gasteiger partial charge in [-0.05, 0) is 44.4 Å². The number of carbonyl (C=O) groups excluding carboxylic acids is 2. The van der Waals surface area contributed by atoms with Gasteiger partial charge in [-0.1, -0.05) is 31.6 Å². The molecular weight excluding hydrogens is 276 g/mol. The van der Waals surface area contributed by atoms with Gasteiger partial charge < -0.3 is 5.11 Å². The average molecular weight is 302 g/mol. The van der Waals surface area contributed by atoms with Crippen LogP contribution in [-0.2, 0) is 9.59 Å². The van der Waals surface area contributed by atoms with Crippen molar-refractivity contribution in [1.29, 1.82) is 0 Å². The Morgan fingerprint density at radius 1 is 1.41 bits per heavy atom. The fourth-order valence-electron chi connectivity index (χ4n) is 3.97. The average Bonchev–Trinajstić information content (AvgIpc) is 2.39. The summed E-state index contributed by atoms with van der Waals surface area (Å²) >= 11 is 0. The molecule has 1 saturated carbocycles. The Kier molecular flexibility index (Phi) is 4.20. The van der Waals surface area contributed by atoms with E-state index in [0.29, 0.717) is 12.8 Å². The number of hydrogen-bond acceptors (Lipinski definition) is 3. The van der Waals surface area contributed by atoms with Crippen molar-refractivity contribution in [2.24, 2.45) is 22.7 Å². The summed E-state index contributed by atoms with van der Waals surface area (Å²) in [6.07, 6.45) is 6.89. The molecule has 0 aliphatic heterocycles. The first-order valence-corrected chi connectivity index (χ1v) is 7.90. The third-order valence-electron chi connectivity index (χ3n) is 5.49. The van der Waals surface area contributed by atoms with Gasteiger partial charge in [-0.15, -0.1) is 6.58 Å². The van der Waals surface area contributed by atoms with E-state index in [4.69, 9.17) is 0 Å². The van der Waals surface area contributed by atoms with Gasteiger partial charge in [0, 0.05) is 6.08 Å². The zero-order chi connectivity index (χ0) is 16.7. The van der Waals surface area contributed by atoms with Crippen LogP contribution < -0.4 is 0 Å². The van der Waals surface area contributed by atoms with Crippen LogP contribution in [0.5, 0.6) is 0 Å². The quantitative estimate of drug-likeness (QED) is 0.626. The van der Waals surface area contributed by atoms with Crippen molar-refractivity contribution in [1.82, 2.24) is 0 Å². The third-order valence-corrected chi connectivity index (χ3v) is 5.49. The van der Waals surface area contributed by atoms with E-state index < -0.39 is 16.7 Å². The topological polar surface area (TPSA) is 54.4 Å². The van der Waals surface area contributed by atoms with Crippen molar-refractivity contribution in [3.8, 4) is 0 Å². The summed E-state index contributed by atoms with van der Waals surface area (Å²) in [7, 11) is 0. The van der Waals surface area contributed by atoms with Crippen molar-refractivity contribution in [2.75, 3.05) is 0 Å². The van der Waals surface area contributed by atoms with E-state index in [0.717, 1.165) is 12.0 Å². The molecule has 1 fully saturated rings. The maximum Gasteiger partial charge on any atom is 0.170 e. The van der Waals surface area contributed by atoms with Crippen LogP contribution >= 0.6 is 0 Å². The summed E-state index contributed by atoms with van der Waals surface area (Å²) in [6, 6.07) is 0. The minimum atomic E-state index is -0.932. The first-order valence-electron chi connectivity index (χ1n) is 7.90. The van der Waals surface area contributed by atoms with Crippen LogP contribution in [0, 0.1) is 22.7 Å². The molecule has 22 heavy (non-hydrogen) atoms. The lowest BCUT2D eigenvalue weighted by Gasteiger charge is -2.52. The van der Waals surface area contributed by atoms with Crippen molar-refractivity contribution < 1.29 is 14.7 Å². The highest BCUT2D eigenvalue weighted by Crippen LogP contribution is 2.57. The maximum absolute atomic E-state index is 13.1. The lowest BCUT2D eigenvalue weighted by atomic mass is 9.49. The minimum absolute atomic E-state index is 0.0548. The van der Waals surface area contributed by atoms with E-state index in [-0.39, 0.29) is 23.2 Å². The number of aliphatic hydroxyl groups excluding tert-OH is 1. The first kappa shape index (κ1) is 16.7. The lowest BCUT2D eigenvalue weighted by molar-refractivity contribution is -0.154. The van der Waals surface area contributed by atoms with Crippen molar-refractivity contribution in [3.05, 3.63) is 36.1 Å². The Balaban J connectivity index is 2.57. The normalized spacial score (nSPS) is 33.2. The first-order chi connectivity index (χ1) is 10.2. The summed E-state index contributed by atoms with van der Waals surface area (Å²) in [4.78, 5) is 25.4. The van der Waals surface area contributed by atoms with Crippen molar-refractivity contribution in [3.63, 3.8) is 0 Å². The zero-order valence-corrected chi connectivity index (χ0v) is 14.0.